The zero-order chi connectivity index (χ0) is 22.7. The fourth-order valence-electron chi connectivity index (χ4n) is 3.70. The number of nitrogens with zero attached hydrogens (tertiary/aromatic N) is 2. The van der Waals surface area contributed by atoms with E-state index in [1.54, 1.807) is 6.07 Å². The van der Waals surface area contributed by atoms with Gasteiger partial charge in [0.05, 0.1) is 17.0 Å². The molecule has 4 rings (SSSR count). The molecule has 0 saturated heterocycles. The van der Waals surface area contributed by atoms with E-state index < -0.39 is 0 Å². The van der Waals surface area contributed by atoms with Crippen molar-refractivity contribution in [3.63, 3.8) is 0 Å². The van der Waals surface area contributed by atoms with E-state index in [1.165, 1.54) is 0 Å². The van der Waals surface area contributed by atoms with Crippen molar-refractivity contribution in [3.8, 4) is 0 Å². The summed E-state index contributed by atoms with van der Waals surface area (Å²) >= 11 is 6.14. The number of benzene rings is 3. The molecule has 1 aliphatic heterocycles. The Morgan fingerprint density at radius 2 is 1.66 bits per heavy atom. The van der Waals surface area contributed by atoms with Gasteiger partial charge in [-0.15, -0.1) is 0 Å². The first kappa shape index (κ1) is 21.9. The van der Waals surface area contributed by atoms with Crippen molar-refractivity contribution < 1.29 is 4.79 Å². The summed E-state index contributed by atoms with van der Waals surface area (Å²) in [5.41, 5.74) is 5.93. The standard InChI is InChI=1S/C26H27ClN4O/c1-30(2)15-16-31(3)21-12-10-20(11-13-21)28-25(18-7-5-4-6-8-18)24-22-14-9-19(27)17-23(22)29-26(24)32/h4-14,17,28H,15-16H2,1-3H3,(H,29,32). The van der Waals surface area contributed by atoms with Crippen LogP contribution >= 0.6 is 11.6 Å². The molecule has 32 heavy (non-hydrogen) atoms. The number of likely N-dealkylation sites (N-methyl/N-ethyl adjacent to an activating group) is 2. The van der Waals surface area contributed by atoms with Crippen LogP contribution in [0.3, 0.4) is 0 Å². The van der Waals surface area contributed by atoms with E-state index in [1.807, 2.05) is 54.6 Å². The molecule has 2 N–H and O–H groups in total. The summed E-state index contributed by atoms with van der Waals surface area (Å²) in [6.45, 7) is 1.93. The largest absolute Gasteiger partial charge is 0.373 e. The van der Waals surface area contributed by atoms with Crippen LogP contribution in [0, 0.1) is 0 Å². The Morgan fingerprint density at radius 3 is 2.34 bits per heavy atom. The number of anilines is 3. The molecule has 0 atom stereocenters. The number of fused-ring (bicyclic) bond motifs is 1. The van der Waals surface area contributed by atoms with Crippen molar-refractivity contribution in [1.29, 1.82) is 0 Å². The zero-order valence-electron chi connectivity index (χ0n) is 18.5. The highest BCUT2D eigenvalue weighted by Crippen LogP contribution is 2.38. The van der Waals surface area contributed by atoms with Crippen LogP contribution in [-0.4, -0.2) is 45.0 Å². The van der Waals surface area contributed by atoms with Crippen LogP contribution in [0.5, 0.6) is 0 Å². The van der Waals surface area contributed by atoms with Crippen LogP contribution in [0.2, 0.25) is 5.02 Å². The number of carbonyl (C=O) groups is 1. The van der Waals surface area contributed by atoms with E-state index >= 15 is 0 Å². The number of halogens is 1. The quantitative estimate of drug-likeness (QED) is 0.485. The van der Waals surface area contributed by atoms with Gasteiger partial charge < -0.3 is 20.4 Å². The highest BCUT2D eigenvalue weighted by atomic mass is 35.5. The van der Waals surface area contributed by atoms with E-state index in [2.05, 4.69) is 53.7 Å². The minimum absolute atomic E-state index is 0.145. The Hall–Kier alpha value is -3.28. The first-order valence-corrected chi connectivity index (χ1v) is 10.9. The van der Waals surface area contributed by atoms with Gasteiger partial charge in [-0.05, 0) is 56.1 Å². The lowest BCUT2D eigenvalue weighted by atomic mass is 10.00. The first-order valence-electron chi connectivity index (χ1n) is 10.6. The molecule has 5 nitrogen and oxygen atoms in total. The van der Waals surface area contributed by atoms with Crippen molar-refractivity contribution in [1.82, 2.24) is 4.90 Å². The van der Waals surface area contributed by atoms with Crippen LogP contribution in [-0.2, 0) is 4.79 Å². The Balaban J connectivity index is 1.68. The predicted octanol–water partition coefficient (Wildman–Crippen LogP) is 5.27. The summed E-state index contributed by atoms with van der Waals surface area (Å²) in [6.07, 6.45) is 0. The molecule has 3 aromatic rings. The maximum atomic E-state index is 13.0. The lowest BCUT2D eigenvalue weighted by Gasteiger charge is -2.22. The maximum Gasteiger partial charge on any atom is 0.258 e. The third kappa shape index (κ3) is 4.79. The lowest BCUT2D eigenvalue weighted by Crippen LogP contribution is -2.28. The van der Waals surface area contributed by atoms with Crippen molar-refractivity contribution in [3.05, 3.63) is 88.9 Å². The van der Waals surface area contributed by atoms with Crippen LogP contribution in [0.1, 0.15) is 11.1 Å². The van der Waals surface area contributed by atoms with E-state index in [-0.39, 0.29) is 5.91 Å². The summed E-state index contributed by atoms with van der Waals surface area (Å²) in [7, 11) is 6.24. The second kappa shape index (κ2) is 9.47. The Morgan fingerprint density at radius 1 is 0.938 bits per heavy atom. The molecule has 1 heterocycles. The summed E-state index contributed by atoms with van der Waals surface area (Å²) in [5.74, 6) is -0.145. The molecule has 0 unspecified atom stereocenters. The van der Waals surface area contributed by atoms with Gasteiger partial charge in [0.1, 0.15) is 0 Å². The first-order chi connectivity index (χ1) is 15.4. The molecule has 0 fully saturated rings. The molecule has 0 aliphatic carbocycles. The number of rotatable bonds is 7. The molecule has 0 saturated carbocycles. The topological polar surface area (TPSA) is 47.6 Å². The van der Waals surface area contributed by atoms with Crippen molar-refractivity contribution in [2.24, 2.45) is 0 Å². The summed E-state index contributed by atoms with van der Waals surface area (Å²) in [5, 5.41) is 7.03. The molecule has 0 aromatic heterocycles. The van der Waals surface area contributed by atoms with Gasteiger partial charge >= 0.3 is 0 Å². The van der Waals surface area contributed by atoms with Gasteiger partial charge in [-0.2, -0.15) is 0 Å². The second-order valence-electron chi connectivity index (χ2n) is 8.16. The lowest BCUT2D eigenvalue weighted by molar-refractivity contribution is -0.110. The maximum absolute atomic E-state index is 13.0. The van der Waals surface area contributed by atoms with Crippen molar-refractivity contribution >= 4 is 45.8 Å². The molecule has 3 aromatic carbocycles. The third-order valence-electron chi connectivity index (χ3n) is 5.50. The average Bonchev–Trinajstić information content (AvgIpc) is 3.11. The number of carbonyl (C=O) groups excluding carboxylic acids is 1. The molecular weight excluding hydrogens is 420 g/mol. The van der Waals surface area contributed by atoms with Gasteiger partial charge in [0.2, 0.25) is 0 Å². The van der Waals surface area contributed by atoms with Gasteiger partial charge in [-0.3, -0.25) is 4.79 Å². The number of hydrogen-bond donors (Lipinski definition) is 2. The Bertz CT molecular complexity index is 1140. The highest BCUT2D eigenvalue weighted by molar-refractivity contribution is 6.38. The monoisotopic (exact) mass is 446 g/mol. The van der Waals surface area contributed by atoms with Crippen molar-refractivity contribution in [2.45, 2.75) is 0 Å². The minimum Gasteiger partial charge on any atom is -0.373 e. The SMILES string of the molecule is CN(C)CCN(C)c1ccc(NC(=C2C(=O)Nc3cc(Cl)ccc32)c2ccccc2)cc1. The predicted molar refractivity (Wildman–Crippen MR) is 135 cm³/mol. The summed E-state index contributed by atoms with van der Waals surface area (Å²) in [6, 6.07) is 23.6. The van der Waals surface area contributed by atoms with Crippen LogP contribution < -0.4 is 15.5 Å². The molecule has 0 spiro atoms. The van der Waals surface area contributed by atoms with Gasteiger partial charge in [-0.25, -0.2) is 0 Å². The number of amides is 1. The van der Waals surface area contributed by atoms with Crippen LogP contribution in [0.15, 0.2) is 72.8 Å². The van der Waals surface area contributed by atoms with E-state index in [9.17, 15) is 4.79 Å². The summed E-state index contributed by atoms with van der Waals surface area (Å²) < 4.78 is 0. The minimum atomic E-state index is -0.145. The highest BCUT2D eigenvalue weighted by Gasteiger charge is 2.28. The van der Waals surface area contributed by atoms with Gasteiger partial charge in [0, 0.05) is 42.1 Å². The normalized spacial score (nSPS) is 14.2. The molecule has 1 amide bonds. The van der Waals surface area contributed by atoms with Crippen LogP contribution in [0.4, 0.5) is 17.1 Å². The molecule has 0 radical (unpaired) electrons. The summed E-state index contributed by atoms with van der Waals surface area (Å²) in [4.78, 5) is 17.4. The Kier molecular flexibility index (Phi) is 6.49. The fraction of sp³-hybridized carbons (Fsp3) is 0.192. The van der Waals surface area contributed by atoms with Crippen LogP contribution in [0.25, 0.3) is 11.3 Å². The van der Waals surface area contributed by atoms with E-state index in [0.29, 0.717) is 10.6 Å². The second-order valence-corrected chi connectivity index (χ2v) is 8.59. The molecule has 164 valence electrons. The molecule has 6 heteroatoms. The van der Waals surface area contributed by atoms with E-state index in [4.69, 9.17) is 11.6 Å². The number of nitrogens with one attached hydrogen (secondary N) is 2. The molecule has 0 bridgehead atoms. The van der Waals surface area contributed by atoms with Gasteiger partial charge in [0.15, 0.2) is 0 Å². The van der Waals surface area contributed by atoms with Gasteiger partial charge in [0.25, 0.3) is 5.91 Å². The fourth-order valence-corrected chi connectivity index (χ4v) is 3.87. The number of hydrogen-bond acceptors (Lipinski definition) is 4. The van der Waals surface area contributed by atoms with E-state index in [0.717, 1.165) is 47.0 Å². The molecule has 1 aliphatic rings. The smallest absolute Gasteiger partial charge is 0.258 e. The van der Waals surface area contributed by atoms with Crippen molar-refractivity contribution in [2.75, 3.05) is 49.8 Å². The third-order valence-corrected chi connectivity index (χ3v) is 5.73. The average molecular weight is 447 g/mol. The Labute approximate surface area is 194 Å². The van der Waals surface area contributed by atoms with Gasteiger partial charge in [-0.1, -0.05) is 48.0 Å². The zero-order valence-corrected chi connectivity index (χ0v) is 19.3. The molecular formula is C26H27ClN4O.